The molecule has 0 atom stereocenters. The monoisotopic (exact) mass is 512 g/mol. The molecule has 0 spiro atoms. The van der Waals surface area contributed by atoms with Gasteiger partial charge in [-0.25, -0.2) is 0 Å². The lowest BCUT2D eigenvalue weighted by molar-refractivity contribution is -0.134. The molecule has 2 aromatic carbocycles. The normalized spacial score (nSPS) is 15.5. The summed E-state index contributed by atoms with van der Waals surface area (Å²) in [4.78, 5) is 25.3. The van der Waals surface area contributed by atoms with Crippen LogP contribution in [0.1, 0.15) is 12.5 Å². The molecule has 0 saturated carbocycles. The van der Waals surface area contributed by atoms with Crippen molar-refractivity contribution in [1.82, 2.24) is 10.4 Å². The third kappa shape index (κ3) is 6.24. The molecule has 1 fully saturated rings. The molecule has 31 heavy (non-hydrogen) atoms. The van der Waals surface area contributed by atoms with Crippen molar-refractivity contribution in [1.29, 1.82) is 0 Å². The smallest absolute Gasteiger partial charge is 0.285 e. The second-order valence-electron chi connectivity index (χ2n) is 6.34. The van der Waals surface area contributed by atoms with E-state index in [1.165, 1.54) is 12.1 Å². The topological polar surface area (TPSA) is 58.6 Å². The highest BCUT2D eigenvalue weighted by molar-refractivity contribution is 8.26. The second kappa shape index (κ2) is 10.5. The Morgan fingerprint density at radius 2 is 1.84 bits per heavy atom. The number of carbonyl (C=O) groups excluding carboxylic acids is 2. The molecule has 0 bridgehead atoms. The van der Waals surface area contributed by atoms with Crippen LogP contribution in [0.15, 0.2) is 59.0 Å². The van der Waals surface area contributed by atoms with Crippen molar-refractivity contribution >= 4 is 81.0 Å². The number of amides is 2. The van der Waals surface area contributed by atoms with Gasteiger partial charge in [0.05, 0.1) is 20.0 Å². The van der Waals surface area contributed by atoms with Gasteiger partial charge in [-0.15, -0.1) is 0 Å². The molecule has 5 nitrogen and oxygen atoms in total. The zero-order valence-corrected chi connectivity index (χ0v) is 19.9. The molecule has 0 radical (unpaired) electrons. The number of halogens is 3. The van der Waals surface area contributed by atoms with Crippen molar-refractivity contribution in [3.8, 4) is 5.75 Å². The van der Waals surface area contributed by atoms with Crippen LogP contribution in [0.3, 0.4) is 0 Å². The number of nitrogens with zero attached hydrogens (tertiary/aromatic N) is 1. The van der Waals surface area contributed by atoms with E-state index >= 15 is 0 Å². The van der Waals surface area contributed by atoms with E-state index in [0.717, 1.165) is 27.9 Å². The van der Waals surface area contributed by atoms with Crippen molar-refractivity contribution in [2.24, 2.45) is 0 Å². The number of carbonyl (C=O) groups is 2. The highest BCUT2D eigenvalue weighted by Crippen LogP contribution is 2.34. The summed E-state index contributed by atoms with van der Waals surface area (Å²) >= 11 is 24.2. The van der Waals surface area contributed by atoms with E-state index in [1.807, 2.05) is 43.3 Å². The lowest BCUT2D eigenvalue weighted by Gasteiger charge is -2.16. The first-order valence-corrected chi connectivity index (χ1v) is 11.2. The fourth-order valence-corrected chi connectivity index (χ4v) is 4.36. The Balaban J connectivity index is 1.62. The van der Waals surface area contributed by atoms with Crippen molar-refractivity contribution in [3.63, 3.8) is 0 Å². The zero-order chi connectivity index (χ0) is 22.5. The van der Waals surface area contributed by atoms with Crippen LogP contribution in [0.25, 0.3) is 6.08 Å². The molecular formula is C21H15Cl3N2O3S2. The van der Waals surface area contributed by atoms with Gasteiger partial charge in [-0.3, -0.25) is 15.0 Å². The number of benzene rings is 2. The number of thioether (sulfide) groups is 1. The Labute approximate surface area is 203 Å². The van der Waals surface area contributed by atoms with Crippen molar-refractivity contribution in [2.45, 2.75) is 6.92 Å². The molecule has 1 heterocycles. The van der Waals surface area contributed by atoms with Crippen molar-refractivity contribution < 1.29 is 14.3 Å². The standard InChI is InChI=1S/C21H15Cl3N2O3S2/c1-12(7-13-5-3-2-4-6-13)8-18-20(28)26(21(30)31-18)25-19(27)11-29-17-10-15(23)14(22)9-16(17)24/h2-10H,11H2,1H3,(H,25,27)/b12-7+,18-8-. The van der Waals surface area contributed by atoms with E-state index < -0.39 is 18.4 Å². The number of nitrogens with one attached hydrogen (secondary N) is 1. The first kappa shape index (κ1) is 23.6. The fourth-order valence-electron chi connectivity index (χ4n) is 2.54. The molecular weight excluding hydrogens is 499 g/mol. The van der Waals surface area contributed by atoms with Crippen LogP contribution in [0.2, 0.25) is 15.1 Å². The number of ether oxygens (including phenoxy) is 1. The predicted molar refractivity (Wildman–Crippen MR) is 130 cm³/mol. The van der Waals surface area contributed by atoms with Gasteiger partial charge in [0, 0.05) is 6.07 Å². The number of thiocarbonyl (C=S) groups is 1. The Bertz CT molecular complexity index is 1100. The Hall–Kier alpha value is -2.03. The maximum Gasteiger partial charge on any atom is 0.285 e. The van der Waals surface area contributed by atoms with Gasteiger partial charge in [0.25, 0.3) is 11.8 Å². The van der Waals surface area contributed by atoms with Crippen LogP contribution in [-0.2, 0) is 9.59 Å². The molecule has 2 aromatic rings. The van der Waals surface area contributed by atoms with E-state index in [2.05, 4.69) is 5.43 Å². The molecule has 1 aliphatic heterocycles. The van der Waals surface area contributed by atoms with Gasteiger partial charge in [0.1, 0.15) is 5.75 Å². The summed E-state index contributed by atoms with van der Waals surface area (Å²) < 4.78 is 5.59. The molecule has 3 rings (SSSR count). The summed E-state index contributed by atoms with van der Waals surface area (Å²) in [6.07, 6.45) is 3.67. The zero-order valence-electron chi connectivity index (χ0n) is 16.0. The molecule has 0 aliphatic carbocycles. The van der Waals surface area contributed by atoms with Gasteiger partial charge in [-0.05, 0) is 42.4 Å². The highest BCUT2D eigenvalue weighted by atomic mass is 35.5. The molecule has 0 unspecified atom stereocenters. The lowest BCUT2D eigenvalue weighted by atomic mass is 10.1. The molecule has 10 heteroatoms. The van der Waals surface area contributed by atoms with Crippen LogP contribution < -0.4 is 10.2 Å². The molecule has 1 N–H and O–H groups in total. The maximum atomic E-state index is 12.7. The summed E-state index contributed by atoms with van der Waals surface area (Å²) in [5.41, 5.74) is 4.33. The maximum absolute atomic E-state index is 12.7. The van der Waals surface area contributed by atoms with Crippen LogP contribution in [0, 0.1) is 0 Å². The van der Waals surface area contributed by atoms with E-state index in [4.69, 9.17) is 51.8 Å². The molecule has 0 aromatic heterocycles. The van der Waals surface area contributed by atoms with E-state index in [9.17, 15) is 9.59 Å². The van der Waals surface area contributed by atoms with Crippen LogP contribution in [0.4, 0.5) is 0 Å². The average molecular weight is 514 g/mol. The third-order valence-corrected chi connectivity index (χ3v) is 6.24. The Morgan fingerprint density at radius 3 is 2.55 bits per heavy atom. The summed E-state index contributed by atoms with van der Waals surface area (Å²) in [7, 11) is 0. The summed E-state index contributed by atoms with van der Waals surface area (Å²) in [5.74, 6) is -0.814. The minimum absolute atomic E-state index is 0.193. The number of hydrogen-bond acceptors (Lipinski definition) is 5. The van der Waals surface area contributed by atoms with Gasteiger partial charge in [-0.1, -0.05) is 83.0 Å². The van der Waals surface area contributed by atoms with Crippen LogP contribution in [-0.4, -0.2) is 27.8 Å². The molecule has 1 aliphatic rings. The Kier molecular flexibility index (Phi) is 8.02. The molecule has 2 amide bonds. The lowest BCUT2D eigenvalue weighted by Crippen LogP contribution is -2.46. The minimum atomic E-state index is -0.587. The van der Waals surface area contributed by atoms with Gasteiger partial charge >= 0.3 is 0 Å². The first-order valence-electron chi connectivity index (χ1n) is 8.82. The van der Waals surface area contributed by atoms with Gasteiger partial charge in [-0.2, -0.15) is 5.01 Å². The number of allylic oxidation sites excluding steroid dienone is 2. The molecule has 1 saturated heterocycles. The summed E-state index contributed by atoms with van der Waals surface area (Å²) in [5, 5.41) is 1.73. The third-order valence-electron chi connectivity index (χ3n) is 3.92. The average Bonchev–Trinajstić information content (AvgIpc) is 2.97. The largest absolute Gasteiger partial charge is 0.482 e. The number of hydrogen-bond donors (Lipinski definition) is 1. The number of hydrazine groups is 1. The van der Waals surface area contributed by atoms with Gasteiger partial charge in [0.15, 0.2) is 10.9 Å². The van der Waals surface area contributed by atoms with Crippen LogP contribution >= 0.6 is 58.8 Å². The van der Waals surface area contributed by atoms with E-state index in [0.29, 0.717) is 4.91 Å². The first-order chi connectivity index (χ1) is 14.7. The number of rotatable bonds is 6. The fraction of sp³-hybridized carbons (Fsp3) is 0.0952. The van der Waals surface area contributed by atoms with E-state index in [1.54, 1.807) is 6.08 Å². The molecule has 160 valence electrons. The summed E-state index contributed by atoms with van der Waals surface area (Å²) in [6.45, 7) is 1.48. The van der Waals surface area contributed by atoms with Crippen LogP contribution in [0.5, 0.6) is 5.75 Å². The predicted octanol–water partition coefficient (Wildman–Crippen LogP) is 5.90. The van der Waals surface area contributed by atoms with Crippen molar-refractivity contribution in [3.05, 3.63) is 79.7 Å². The van der Waals surface area contributed by atoms with Gasteiger partial charge in [0.2, 0.25) is 0 Å². The second-order valence-corrected chi connectivity index (χ2v) is 9.23. The van der Waals surface area contributed by atoms with Gasteiger partial charge < -0.3 is 4.74 Å². The van der Waals surface area contributed by atoms with E-state index in [-0.39, 0.29) is 25.1 Å². The highest BCUT2D eigenvalue weighted by Gasteiger charge is 2.33. The summed E-state index contributed by atoms with van der Waals surface area (Å²) in [6, 6.07) is 12.5. The van der Waals surface area contributed by atoms with Crippen molar-refractivity contribution in [2.75, 3.05) is 6.61 Å². The Morgan fingerprint density at radius 1 is 1.16 bits per heavy atom. The SMILES string of the molecule is CC(/C=C1\SC(=S)N(NC(=O)COc2cc(Cl)c(Cl)cc2Cl)C1=O)=C\c1ccccc1. The quantitative estimate of drug-likeness (QED) is 0.296. The minimum Gasteiger partial charge on any atom is -0.482 e.